The minimum Gasteiger partial charge on any atom is -0.460 e. The standard InChI is InChI=1S/C14H24O3/c1-5-13(15)14(16)17-10-9-12(4)8-6-7-11(2)3/h7,12H,5-6,8-10H2,1-4H3/t12-/m0/s1. The van der Waals surface area contributed by atoms with E-state index in [1.54, 1.807) is 6.92 Å². The zero-order valence-corrected chi connectivity index (χ0v) is 11.4. The lowest BCUT2D eigenvalue weighted by Crippen LogP contribution is -2.17. The monoisotopic (exact) mass is 240 g/mol. The average Bonchev–Trinajstić information content (AvgIpc) is 2.27. The van der Waals surface area contributed by atoms with Crippen LogP contribution >= 0.6 is 0 Å². The second kappa shape index (κ2) is 8.97. The van der Waals surface area contributed by atoms with Crippen molar-refractivity contribution in [1.82, 2.24) is 0 Å². The molecule has 0 aromatic heterocycles. The number of ether oxygens (including phenoxy) is 1. The van der Waals surface area contributed by atoms with Gasteiger partial charge in [-0.15, -0.1) is 0 Å². The van der Waals surface area contributed by atoms with E-state index >= 15 is 0 Å². The van der Waals surface area contributed by atoms with Gasteiger partial charge in [-0.3, -0.25) is 4.79 Å². The molecule has 0 amide bonds. The summed E-state index contributed by atoms with van der Waals surface area (Å²) in [6.45, 7) is 8.31. The van der Waals surface area contributed by atoms with Crippen LogP contribution in [-0.4, -0.2) is 18.4 Å². The smallest absolute Gasteiger partial charge is 0.374 e. The third-order valence-electron chi connectivity index (χ3n) is 2.60. The number of hydrogen-bond donors (Lipinski definition) is 0. The third kappa shape index (κ3) is 8.66. The average molecular weight is 240 g/mol. The highest BCUT2D eigenvalue weighted by Gasteiger charge is 2.12. The van der Waals surface area contributed by atoms with E-state index in [1.807, 2.05) is 0 Å². The Morgan fingerprint density at radius 3 is 2.41 bits per heavy atom. The maximum absolute atomic E-state index is 11.1. The molecule has 0 heterocycles. The van der Waals surface area contributed by atoms with Crippen LogP contribution in [0.15, 0.2) is 11.6 Å². The maximum atomic E-state index is 11.1. The van der Waals surface area contributed by atoms with E-state index in [9.17, 15) is 9.59 Å². The number of carbonyl (C=O) groups is 2. The first-order valence-corrected chi connectivity index (χ1v) is 6.30. The van der Waals surface area contributed by atoms with Gasteiger partial charge in [0.2, 0.25) is 5.78 Å². The van der Waals surface area contributed by atoms with Crippen LogP contribution in [0.25, 0.3) is 0 Å². The first-order valence-electron chi connectivity index (χ1n) is 6.30. The lowest BCUT2D eigenvalue weighted by atomic mass is 10.0. The van der Waals surface area contributed by atoms with Crippen molar-refractivity contribution in [2.45, 2.75) is 53.4 Å². The lowest BCUT2D eigenvalue weighted by molar-refractivity contribution is -0.154. The van der Waals surface area contributed by atoms with Crippen LogP contribution < -0.4 is 0 Å². The van der Waals surface area contributed by atoms with E-state index in [1.165, 1.54) is 5.57 Å². The fourth-order valence-electron chi connectivity index (χ4n) is 1.38. The summed E-state index contributed by atoms with van der Waals surface area (Å²) in [5.41, 5.74) is 1.33. The van der Waals surface area contributed by atoms with Crippen LogP contribution in [0.5, 0.6) is 0 Å². The molecule has 0 radical (unpaired) electrons. The molecule has 0 aromatic carbocycles. The summed E-state index contributed by atoms with van der Waals surface area (Å²) in [5, 5.41) is 0. The van der Waals surface area contributed by atoms with Gasteiger partial charge in [0.25, 0.3) is 0 Å². The van der Waals surface area contributed by atoms with Gasteiger partial charge in [-0.1, -0.05) is 25.5 Å². The minimum atomic E-state index is -0.691. The number of hydrogen-bond acceptors (Lipinski definition) is 3. The largest absolute Gasteiger partial charge is 0.460 e. The highest BCUT2D eigenvalue weighted by molar-refractivity contribution is 6.33. The first kappa shape index (κ1) is 15.9. The fourth-order valence-corrected chi connectivity index (χ4v) is 1.38. The maximum Gasteiger partial charge on any atom is 0.374 e. The number of Topliss-reactive ketones (excluding diaryl/α,β-unsaturated/α-hetero) is 1. The minimum absolute atomic E-state index is 0.217. The summed E-state index contributed by atoms with van der Waals surface area (Å²) in [7, 11) is 0. The van der Waals surface area contributed by atoms with Gasteiger partial charge in [-0.25, -0.2) is 4.79 Å². The second-order valence-corrected chi connectivity index (χ2v) is 4.67. The van der Waals surface area contributed by atoms with Crippen molar-refractivity contribution in [2.24, 2.45) is 5.92 Å². The number of rotatable bonds is 8. The Balaban J connectivity index is 3.64. The van der Waals surface area contributed by atoms with Gasteiger partial charge >= 0.3 is 5.97 Å². The molecule has 0 aliphatic carbocycles. The molecule has 3 nitrogen and oxygen atoms in total. The molecule has 1 atom stereocenters. The van der Waals surface area contributed by atoms with Gasteiger partial charge in [0.1, 0.15) is 0 Å². The SMILES string of the molecule is CCC(=O)C(=O)OCC[C@@H](C)CCC=C(C)C. The summed E-state index contributed by atoms with van der Waals surface area (Å²) < 4.78 is 4.89. The number of esters is 1. The molecule has 0 fully saturated rings. The van der Waals surface area contributed by atoms with Crippen LogP contribution in [0.1, 0.15) is 53.4 Å². The van der Waals surface area contributed by atoms with Gasteiger partial charge in [0.15, 0.2) is 0 Å². The molecule has 98 valence electrons. The van der Waals surface area contributed by atoms with Crippen molar-refractivity contribution >= 4 is 11.8 Å². The first-order chi connectivity index (χ1) is 7.97. The number of carbonyl (C=O) groups excluding carboxylic acids is 2. The Kier molecular flexibility index (Phi) is 8.38. The van der Waals surface area contributed by atoms with E-state index in [4.69, 9.17) is 4.74 Å². The van der Waals surface area contributed by atoms with E-state index in [-0.39, 0.29) is 6.42 Å². The molecule has 3 heteroatoms. The predicted molar refractivity (Wildman–Crippen MR) is 68.7 cm³/mol. The molecule has 0 unspecified atom stereocenters. The topological polar surface area (TPSA) is 43.4 Å². The summed E-state index contributed by atoms with van der Waals surface area (Å²) in [6.07, 6.45) is 5.40. The normalized spacial score (nSPS) is 11.8. The molecule has 0 bridgehead atoms. The zero-order chi connectivity index (χ0) is 13.3. The molecule has 0 rings (SSSR count). The molecule has 0 aromatic rings. The molecule has 17 heavy (non-hydrogen) atoms. The van der Waals surface area contributed by atoms with Crippen LogP contribution in [0.2, 0.25) is 0 Å². The van der Waals surface area contributed by atoms with Crippen LogP contribution in [0.3, 0.4) is 0 Å². The Morgan fingerprint density at radius 2 is 1.88 bits per heavy atom. The quantitative estimate of drug-likeness (QED) is 0.371. The lowest BCUT2D eigenvalue weighted by Gasteiger charge is -2.10. The van der Waals surface area contributed by atoms with E-state index in [0.29, 0.717) is 12.5 Å². The van der Waals surface area contributed by atoms with Gasteiger partial charge in [0.05, 0.1) is 6.61 Å². The molecule has 0 saturated carbocycles. The van der Waals surface area contributed by atoms with Crippen LogP contribution in [0.4, 0.5) is 0 Å². The molecule has 0 N–H and O–H groups in total. The zero-order valence-electron chi connectivity index (χ0n) is 11.4. The Morgan fingerprint density at radius 1 is 1.24 bits per heavy atom. The number of allylic oxidation sites excluding steroid dienone is 2. The second-order valence-electron chi connectivity index (χ2n) is 4.67. The molecule has 0 aliphatic heterocycles. The van der Waals surface area contributed by atoms with Gasteiger partial charge in [-0.05, 0) is 39.0 Å². The summed E-state index contributed by atoms with van der Waals surface area (Å²) >= 11 is 0. The van der Waals surface area contributed by atoms with Crippen molar-refractivity contribution < 1.29 is 14.3 Å². The Hall–Kier alpha value is -1.12. The summed E-state index contributed by atoms with van der Waals surface area (Å²) in [6, 6.07) is 0. The van der Waals surface area contributed by atoms with Gasteiger partial charge in [0, 0.05) is 6.42 Å². The predicted octanol–water partition coefficient (Wildman–Crippen LogP) is 3.28. The fraction of sp³-hybridized carbons (Fsp3) is 0.714. The van der Waals surface area contributed by atoms with Crippen LogP contribution in [-0.2, 0) is 14.3 Å². The van der Waals surface area contributed by atoms with E-state index in [0.717, 1.165) is 19.3 Å². The molecular weight excluding hydrogens is 216 g/mol. The highest BCUT2D eigenvalue weighted by atomic mass is 16.5. The third-order valence-corrected chi connectivity index (χ3v) is 2.60. The van der Waals surface area contributed by atoms with Gasteiger partial charge in [-0.2, -0.15) is 0 Å². The Bertz CT molecular complexity index is 275. The van der Waals surface area contributed by atoms with Crippen LogP contribution in [0, 0.1) is 5.92 Å². The van der Waals surface area contributed by atoms with Crippen molar-refractivity contribution in [3.05, 3.63) is 11.6 Å². The van der Waals surface area contributed by atoms with Gasteiger partial charge < -0.3 is 4.74 Å². The van der Waals surface area contributed by atoms with E-state index in [2.05, 4.69) is 26.8 Å². The number of ketones is 1. The van der Waals surface area contributed by atoms with E-state index < -0.39 is 11.8 Å². The Labute approximate surface area is 104 Å². The molecule has 0 saturated heterocycles. The molecule has 0 aliphatic rings. The van der Waals surface area contributed by atoms with Crippen molar-refractivity contribution in [1.29, 1.82) is 0 Å². The highest BCUT2D eigenvalue weighted by Crippen LogP contribution is 2.11. The van der Waals surface area contributed by atoms with Crippen molar-refractivity contribution in [3.63, 3.8) is 0 Å². The van der Waals surface area contributed by atoms with Crippen molar-refractivity contribution in [3.8, 4) is 0 Å². The summed E-state index contributed by atoms with van der Waals surface area (Å²) in [4.78, 5) is 22.0. The molecular formula is C14H24O3. The van der Waals surface area contributed by atoms with Crippen molar-refractivity contribution in [2.75, 3.05) is 6.61 Å². The molecule has 0 spiro atoms. The summed E-state index contributed by atoms with van der Waals surface area (Å²) in [5.74, 6) is -0.624.